The van der Waals surface area contributed by atoms with Gasteiger partial charge in [-0.3, -0.25) is 0 Å². The molecular formula is C15H11ClN2S. The van der Waals surface area contributed by atoms with Crippen LogP contribution in [0.1, 0.15) is 17.2 Å². The van der Waals surface area contributed by atoms with E-state index in [-0.39, 0.29) is 6.04 Å². The number of benzene rings is 2. The highest BCUT2D eigenvalue weighted by Gasteiger charge is 2.22. The molecule has 4 heteroatoms. The molecule has 94 valence electrons. The van der Waals surface area contributed by atoms with Gasteiger partial charge in [-0.1, -0.05) is 29.8 Å². The van der Waals surface area contributed by atoms with Gasteiger partial charge in [0.05, 0.1) is 28.4 Å². The van der Waals surface area contributed by atoms with Gasteiger partial charge in [0.15, 0.2) is 0 Å². The lowest BCUT2D eigenvalue weighted by atomic mass is 10.1. The highest BCUT2D eigenvalue weighted by atomic mass is 35.5. The summed E-state index contributed by atoms with van der Waals surface area (Å²) >= 11 is 8.04. The highest BCUT2D eigenvalue weighted by molar-refractivity contribution is 7.99. The first-order valence-electron chi connectivity index (χ1n) is 5.96. The molecule has 2 aromatic carbocycles. The fraction of sp³-hybridized carbons (Fsp3) is 0.133. The first-order chi connectivity index (χ1) is 9.28. The van der Waals surface area contributed by atoms with E-state index >= 15 is 0 Å². The molecule has 0 bridgehead atoms. The van der Waals surface area contributed by atoms with Crippen LogP contribution in [-0.2, 0) is 0 Å². The zero-order chi connectivity index (χ0) is 13.2. The fourth-order valence-corrected chi connectivity index (χ4v) is 3.57. The molecule has 19 heavy (non-hydrogen) atoms. The Morgan fingerprint density at radius 1 is 1.26 bits per heavy atom. The van der Waals surface area contributed by atoms with Crippen LogP contribution in [0.25, 0.3) is 0 Å². The maximum absolute atomic E-state index is 8.83. The monoisotopic (exact) mass is 286 g/mol. The molecule has 1 heterocycles. The second-order valence-corrected chi connectivity index (χ2v) is 5.82. The Labute approximate surface area is 121 Å². The van der Waals surface area contributed by atoms with Gasteiger partial charge >= 0.3 is 0 Å². The van der Waals surface area contributed by atoms with Gasteiger partial charge < -0.3 is 5.32 Å². The zero-order valence-electron chi connectivity index (χ0n) is 10.1. The van der Waals surface area contributed by atoms with Crippen LogP contribution in [0, 0.1) is 11.3 Å². The Kier molecular flexibility index (Phi) is 3.37. The summed E-state index contributed by atoms with van der Waals surface area (Å²) in [6.45, 7) is 0. The Balaban J connectivity index is 1.86. The molecule has 2 aromatic rings. The molecule has 3 rings (SSSR count). The zero-order valence-corrected chi connectivity index (χ0v) is 11.6. The van der Waals surface area contributed by atoms with Gasteiger partial charge in [0.1, 0.15) is 0 Å². The summed E-state index contributed by atoms with van der Waals surface area (Å²) in [7, 11) is 0. The van der Waals surface area contributed by atoms with Crippen molar-refractivity contribution in [3.8, 4) is 6.07 Å². The third kappa shape index (κ3) is 2.42. The molecule has 0 aromatic heterocycles. The number of nitriles is 1. The van der Waals surface area contributed by atoms with Crippen molar-refractivity contribution in [1.82, 2.24) is 0 Å². The van der Waals surface area contributed by atoms with E-state index in [0.29, 0.717) is 10.6 Å². The molecule has 0 aliphatic carbocycles. The Hall–Kier alpha value is -1.63. The van der Waals surface area contributed by atoms with Crippen LogP contribution >= 0.6 is 23.4 Å². The maximum Gasteiger partial charge on any atom is 0.0992 e. The minimum Gasteiger partial charge on any atom is -0.376 e. The summed E-state index contributed by atoms with van der Waals surface area (Å²) in [5, 5.41) is 12.9. The van der Waals surface area contributed by atoms with Gasteiger partial charge in [-0.2, -0.15) is 5.26 Å². The molecule has 0 radical (unpaired) electrons. The molecule has 0 spiro atoms. The number of hydrogen-bond acceptors (Lipinski definition) is 3. The van der Waals surface area contributed by atoms with Crippen LogP contribution in [0.4, 0.5) is 5.69 Å². The molecule has 0 fully saturated rings. The number of anilines is 1. The topological polar surface area (TPSA) is 35.8 Å². The lowest BCUT2D eigenvalue weighted by Gasteiger charge is -2.16. The van der Waals surface area contributed by atoms with Gasteiger partial charge in [-0.05, 0) is 29.8 Å². The summed E-state index contributed by atoms with van der Waals surface area (Å²) in [6, 6.07) is 16.1. The normalized spacial score (nSPS) is 16.7. The fourth-order valence-electron chi connectivity index (χ4n) is 2.17. The van der Waals surface area contributed by atoms with E-state index in [0.717, 1.165) is 11.4 Å². The Bertz CT molecular complexity index is 663. The number of rotatable bonds is 2. The molecule has 0 saturated carbocycles. The summed E-state index contributed by atoms with van der Waals surface area (Å²) in [5.74, 6) is 0.996. The summed E-state index contributed by atoms with van der Waals surface area (Å²) in [5.41, 5.74) is 2.77. The second kappa shape index (κ2) is 5.16. The van der Waals surface area contributed by atoms with Crippen molar-refractivity contribution >= 4 is 29.1 Å². The Morgan fingerprint density at radius 3 is 2.89 bits per heavy atom. The SMILES string of the molecule is N#Cc1ccc(NC2CSc3ccccc32)c(Cl)c1. The van der Waals surface area contributed by atoms with Gasteiger partial charge in [0.25, 0.3) is 0 Å². The summed E-state index contributed by atoms with van der Waals surface area (Å²) in [6.07, 6.45) is 0. The van der Waals surface area contributed by atoms with Crippen LogP contribution in [0.15, 0.2) is 47.4 Å². The lowest BCUT2D eigenvalue weighted by molar-refractivity contribution is 0.900. The van der Waals surface area contributed by atoms with Crippen molar-refractivity contribution in [1.29, 1.82) is 5.26 Å². The summed E-state index contributed by atoms with van der Waals surface area (Å²) < 4.78 is 0. The van der Waals surface area contributed by atoms with E-state index in [1.165, 1.54) is 10.5 Å². The van der Waals surface area contributed by atoms with Gasteiger partial charge in [0.2, 0.25) is 0 Å². The van der Waals surface area contributed by atoms with Gasteiger partial charge in [-0.25, -0.2) is 0 Å². The third-order valence-corrected chi connectivity index (χ3v) is 4.62. The number of fused-ring (bicyclic) bond motifs is 1. The van der Waals surface area contributed by atoms with E-state index in [1.807, 2.05) is 17.8 Å². The van der Waals surface area contributed by atoms with Crippen LogP contribution < -0.4 is 5.32 Å². The molecule has 0 saturated heterocycles. The van der Waals surface area contributed by atoms with Crippen LogP contribution in [0.5, 0.6) is 0 Å². The van der Waals surface area contributed by atoms with E-state index in [9.17, 15) is 0 Å². The standard InChI is InChI=1S/C15H11ClN2S/c16-12-7-10(8-17)5-6-13(12)18-14-9-19-15-4-2-1-3-11(14)15/h1-7,14,18H,9H2. The first kappa shape index (κ1) is 12.4. The first-order valence-corrected chi connectivity index (χ1v) is 7.32. The smallest absolute Gasteiger partial charge is 0.0992 e. The average molecular weight is 287 g/mol. The molecule has 1 unspecified atom stereocenters. The van der Waals surface area contributed by atoms with Crippen molar-refractivity contribution < 1.29 is 0 Å². The van der Waals surface area contributed by atoms with E-state index < -0.39 is 0 Å². The summed E-state index contributed by atoms with van der Waals surface area (Å²) in [4.78, 5) is 1.32. The van der Waals surface area contributed by atoms with Crippen molar-refractivity contribution in [2.24, 2.45) is 0 Å². The highest BCUT2D eigenvalue weighted by Crippen LogP contribution is 2.40. The molecular weight excluding hydrogens is 276 g/mol. The third-order valence-electron chi connectivity index (χ3n) is 3.13. The molecule has 1 aliphatic rings. The van der Waals surface area contributed by atoms with Crippen molar-refractivity contribution in [2.45, 2.75) is 10.9 Å². The molecule has 1 atom stereocenters. The lowest BCUT2D eigenvalue weighted by Crippen LogP contribution is -2.10. The van der Waals surface area contributed by atoms with E-state index in [4.69, 9.17) is 16.9 Å². The Morgan fingerprint density at radius 2 is 2.11 bits per heavy atom. The van der Waals surface area contributed by atoms with E-state index in [1.54, 1.807) is 12.1 Å². The van der Waals surface area contributed by atoms with Crippen LogP contribution in [0.3, 0.4) is 0 Å². The van der Waals surface area contributed by atoms with E-state index in [2.05, 4.69) is 35.7 Å². The largest absolute Gasteiger partial charge is 0.376 e. The number of nitrogens with zero attached hydrogens (tertiary/aromatic N) is 1. The number of halogens is 1. The van der Waals surface area contributed by atoms with Crippen molar-refractivity contribution in [2.75, 3.05) is 11.1 Å². The minimum absolute atomic E-state index is 0.270. The molecule has 1 aliphatic heterocycles. The second-order valence-electron chi connectivity index (χ2n) is 4.35. The average Bonchev–Trinajstić information content (AvgIpc) is 2.84. The predicted molar refractivity (Wildman–Crippen MR) is 79.7 cm³/mol. The van der Waals surface area contributed by atoms with Crippen LogP contribution in [-0.4, -0.2) is 5.75 Å². The van der Waals surface area contributed by atoms with Crippen molar-refractivity contribution in [3.63, 3.8) is 0 Å². The maximum atomic E-state index is 8.83. The van der Waals surface area contributed by atoms with Crippen LogP contribution in [0.2, 0.25) is 5.02 Å². The number of hydrogen-bond donors (Lipinski definition) is 1. The molecule has 1 N–H and O–H groups in total. The minimum atomic E-state index is 0.270. The molecule has 2 nitrogen and oxygen atoms in total. The predicted octanol–water partition coefficient (Wildman–Crippen LogP) is 4.47. The molecule has 0 amide bonds. The quantitative estimate of drug-likeness (QED) is 0.885. The van der Waals surface area contributed by atoms with Gasteiger partial charge in [-0.15, -0.1) is 11.8 Å². The number of nitrogens with one attached hydrogen (secondary N) is 1. The van der Waals surface area contributed by atoms with Crippen molar-refractivity contribution in [3.05, 3.63) is 58.6 Å². The van der Waals surface area contributed by atoms with Gasteiger partial charge in [0, 0.05) is 10.6 Å². The number of thioether (sulfide) groups is 1.